The van der Waals surface area contributed by atoms with E-state index in [0.29, 0.717) is 11.0 Å². The van der Waals surface area contributed by atoms with Gasteiger partial charge < -0.3 is 4.90 Å². The zero-order valence-electron chi connectivity index (χ0n) is 17.2. The lowest BCUT2D eigenvalue weighted by atomic mass is 10.1. The number of nitrogens with one attached hydrogen (secondary N) is 1. The molecule has 1 N–H and O–H groups in total. The van der Waals surface area contributed by atoms with E-state index in [1.807, 2.05) is 37.3 Å². The maximum Gasteiger partial charge on any atom is 0.264 e. The van der Waals surface area contributed by atoms with Crippen LogP contribution in [-0.2, 0) is 10.0 Å². The third-order valence-electron chi connectivity index (χ3n) is 5.18. The van der Waals surface area contributed by atoms with E-state index < -0.39 is 10.0 Å². The average Bonchev–Trinajstić information content (AvgIpc) is 3.27. The summed E-state index contributed by atoms with van der Waals surface area (Å²) in [5.74, 6) is -0.288. The molecule has 0 bridgehead atoms. The molecule has 0 radical (unpaired) electrons. The molecule has 0 aliphatic rings. The molecule has 1 aromatic heterocycles. The van der Waals surface area contributed by atoms with Gasteiger partial charge in [-0.05, 0) is 65.4 Å². The summed E-state index contributed by atoms with van der Waals surface area (Å²) in [5.41, 5.74) is 2.28. The largest absolute Gasteiger partial charge is 0.335 e. The Hall–Kier alpha value is -2.57. The highest BCUT2D eigenvalue weighted by Gasteiger charge is 2.25. The Bertz CT molecular complexity index is 1390. The minimum Gasteiger partial charge on any atom is -0.335 e. The van der Waals surface area contributed by atoms with Crippen molar-refractivity contribution in [2.45, 2.75) is 17.9 Å². The number of nitrogens with zero attached hydrogens (tertiary/aromatic N) is 3. The first-order chi connectivity index (χ1) is 15.3. The smallest absolute Gasteiger partial charge is 0.264 e. The predicted molar refractivity (Wildman–Crippen MR) is 134 cm³/mol. The van der Waals surface area contributed by atoms with E-state index in [-0.39, 0.29) is 28.1 Å². The fourth-order valence-electron chi connectivity index (χ4n) is 3.31. The normalized spacial score (nSPS) is 12.5. The number of carbonyl (C=O) groups excluding carboxylic acids is 1. The number of amides is 1. The van der Waals surface area contributed by atoms with Crippen molar-refractivity contribution in [3.05, 3.63) is 81.4 Å². The molecule has 0 saturated heterocycles. The summed E-state index contributed by atoms with van der Waals surface area (Å²) in [7, 11) is -2.29. The second kappa shape index (κ2) is 9.12. The Balaban J connectivity index is 1.69. The number of fused-ring (bicyclic) bond motifs is 1. The van der Waals surface area contributed by atoms with Gasteiger partial charge in [-0.2, -0.15) is 8.75 Å². The number of halogens is 1. The molecule has 10 heteroatoms. The lowest BCUT2D eigenvalue weighted by molar-refractivity contribution is 0.0743. The number of hydrogen-bond acceptors (Lipinski definition) is 6. The van der Waals surface area contributed by atoms with E-state index in [4.69, 9.17) is 0 Å². The maximum atomic E-state index is 13.4. The molecular formula is C22H19IN4O3S2. The quantitative estimate of drug-likeness (QED) is 0.328. The Kier molecular flexibility index (Phi) is 6.45. The summed E-state index contributed by atoms with van der Waals surface area (Å²) in [6.07, 6.45) is 0. The van der Waals surface area contributed by atoms with Crippen LogP contribution in [0.2, 0.25) is 0 Å². The van der Waals surface area contributed by atoms with Crippen LogP contribution in [-0.4, -0.2) is 35.0 Å². The van der Waals surface area contributed by atoms with Crippen LogP contribution in [0.4, 0.5) is 5.69 Å². The van der Waals surface area contributed by atoms with Crippen molar-refractivity contribution in [2.24, 2.45) is 0 Å². The molecule has 0 fully saturated rings. The van der Waals surface area contributed by atoms with Gasteiger partial charge in [0, 0.05) is 10.6 Å². The van der Waals surface area contributed by atoms with E-state index in [0.717, 1.165) is 20.9 Å². The number of benzene rings is 3. The molecule has 0 spiro atoms. The van der Waals surface area contributed by atoms with Crippen molar-refractivity contribution in [3.63, 3.8) is 0 Å². The highest BCUT2D eigenvalue weighted by molar-refractivity contribution is 14.1. The third kappa shape index (κ3) is 4.48. The molecule has 3 aromatic carbocycles. The lowest BCUT2D eigenvalue weighted by Gasteiger charge is -2.26. The van der Waals surface area contributed by atoms with Crippen LogP contribution in [0.3, 0.4) is 0 Å². The molecule has 0 unspecified atom stereocenters. The minimum absolute atomic E-state index is 0.0204. The van der Waals surface area contributed by atoms with Crippen molar-refractivity contribution in [1.29, 1.82) is 0 Å². The molecule has 0 saturated carbocycles. The van der Waals surface area contributed by atoms with Gasteiger partial charge in [0.2, 0.25) is 0 Å². The van der Waals surface area contributed by atoms with Crippen LogP contribution < -0.4 is 4.72 Å². The monoisotopic (exact) mass is 578 g/mol. The number of anilines is 1. The van der Waals surface area contributed by atoms with Gasteiger partial charge in [0.25, 0.3) is 15.9 Å². The number of rotatable bonds is 6. The van der Waals surface area contributed by atoms with E-state index in [1.54, 1.807) is 42.3 Å². The first kappa shape index (κ1) is 22.6. The van der Waals surface area contributed by atoms with E-state index in [2.05, 4.69) is 36.1 Å². The zero-order valence-corrected chi connectivity index (χ0v) is 21.0. The van der Waals surface area contributed by atoms with Crippen molar-refractivity contribution in [3.8, 4) is 0 Å². The fourth-order valence-corrected chi connectivity index (χ4v) is 5.64. The van der Waals surface area contributed by atoms with Crippen LogP contribution in [0, 0.1) is 3.57 Å². The number of carbonyl (C=O) groups is 1. The van der Waals surface area contributed by atoms with Crippen LogP contribution in [0.15, 0.2) is 71.6 Å². The number of hydrogen-bond donors (Lipinski definition) is 1. The van der Waals surface area contributed by atoms with Crippen molar-refractivity contribution >= 4 is 67.0 Å². The van der Waals surface area contributed by atoms with Crippen LogP contribution in [0.5, 0.6) is 0 Å². The van der Waals surface area contributed by atoms with Gasteiger partial charge in [0.15, 0.2) is 0 Å². The zero-order chi connectivity index (χ0) is 22.9. The Morgan fingerprint density at radius 2 is 1.81 bits per heavy atom. The standard InChI is InChI=1S/C22H19IN4O3S2/c1-14(15-7-4-3-5-8-15)27(2)22(28)17-12-11-16(23)13-19(17)26-32(29,30)20-10-6-9-18-21(20)25-31-24-18/h3-14,26H,1-2H3/t14-/m1/s1. The molecule has 1 heterocycles. The maximum absolute atomic E-state index is 13.4. The van der Waals surface area contributed by atoms with Gasteiger partial charge in [-0.3, -0.25) is 9.52 Å². The molecular weight excluding hydrogens is 559 g/mol. The first-order valence-corrected chi connectivity index (χ1v) is 12.9. The van der Waals surface area contributed by atoms with E-state index in [9.17, 15) is 13.2 Å². The minimum atomic E-state index is -4.00. The fraction of sp³-hybridized carbons (Fsp3) is 0.136. The molecule has 7 nitrogen and oxygen atoms in total. The summed E-state index contributed by atoms with van der Waals surface area (Å²) in [5, 5.41) is 0. The highest BCUT2D eigenvalue weighted by atomic mass is 127. The van der Waals surface area contributed by atoms with Gasteiger partial charge in [-0.25, -0.2) is 8.42 Å². The Morgan fingerprint density at radius 3 is 2.56 bits per heavy atom. The lowest BCUT2D eigenvalue weighted by Crippen LogP contribution is -2.30. The Morgan fingerprint density at radius 1 is 1.06 bits per heavy atom. The summed E-state index contributed by atoms with van der Waals surface area (Å²) in [4.78, 5) is 15.0. The van der Waals surface area contributed by atoms with Crippen molar-refractivity contribution < 1.29 is 13.2 Å². The van der Waals surface area contributed by atoms with Gasteiger partial charge in [0.1, 0.15) is 15.9 Å². The SMILES string of the molecule is C[C@H](c1ccccc1)N(C)C(=O)c1ccc(I)cc1NS(=O)(=O)c1cccc2nsnc12. The molecule has 1 amide bonds. The summed E-state index contributed by atoms with van der Waals surface area (Å²) in [6.45, 7) is 1.93. The second-order valence-corrected chi connectivity index (χ2v) is 10.6. The van der Waals surface area contributed by atoms with E-state index in [1.165, 1.54) is 6.07 Å². The predicted octanol–water partition coefficient (Wildman–Crippen LogP) is 4.93. The van der Waals surface area contributed by atoms with Crippen molar-refractivity contribution in [2.75, 3.05) is 11.8 Å². The first-order valence-electron chi connectivity index (χ1n) is 9.63. The molecule has 0 aliphatic heterocycles. The van der Waals surface area contributed by atoms with Crippen molar-refractivity contribution in [1.82, 2.24) is 13.6 Å². The molecule has 32 heavy (non-hydrogen) atoms. The third-order valence-corrected chi connectivity index (χ3v) is 7.79. The molecule has 4 aromatic rings. The molecule has 0 aliphatic carbocycles. The van der Waals surface area contributed by atoms with E-state index >= 15 is 0 Å². The number of sulfonamides is 1. The summed E-state index contributed by atoms with van der Waals surface area (Å²) < 4.78 is 38.1. The molecule has 1 atom stereocenters. The van der Waals surface area contributed by atoms with Gasteiger partial charge >= 0.3 is 0 Å². The summed E-state index contributed by atoms with van der Waals surface area (Å²) in [6, 6.07) is 19.3. The van der Waals surface area contributed by atoms with Gasteiger partial charge in [-0.15, -0.1) is 0 Å². The van der Waals surface area contributed by atoms with Gasteiger partial charge in [0.05, 0.1) is 29.0 Å². The van der Waals surface area contributed by atoms with Crippen LogP contribution >= 0.6 is 34.3 Å². The van der Waals surface area contributed by atoms with Crippen LogP contribution in [0.1, 0.15) is 28.9 Å². The topological polar surface area (TPSA) is 92.3 Å². The Labute approximate surface area is 204 Å². The second-order valence-electron chi connectivity index (χ2n) is 7.19. The highest BCUT2D eigenvalue weighted by Crippen LogP contribution is 2.29. The molecule has 164 valence electrons. The number of aromatic nitrogens is 2. The summed E-state index contributed by atoms with van der Waals surface area (Å²) >= 11 is 3.04. The van der Waals surface area contributed by atoms with Gasteiger partial charge in [-0.1, -0.05) is 36.4 Å². The van der Waals surface area contributed by atoms with Crippen LogP contribution in [0.25, 0.3) is 11.0 Å². The average molecular weight is 578 g/mol. The molecule has 4 rings (SSSR count).